The van der Waals surface area contributed by atoms with Gasteiger partial charge >= 0.3 is 0 Å². The number of rotatable bonds is 4. The van der Waals surface area contributed by atoms with Crippen molar-refractivity contribution in [3.63, 3.8) is 0 Å². The van der Waals surface area contributed by atoms with Gasteiger partial charge < -0.3 is 5.32 Å². The second kappa shape index (κ2) is 6.82. The van der Waals surface area contributed by atoms with Crippen LogP contribution in [0, 0.1) is 11.7 Å². The lowest BCUT2D eigenvalue weighted by Crippen LogP contribution is -2.42. The van der Waals surface area contributed by atoms with Crippen LogP contribution in [0.2, 0.25) is 0 Å². The fourth-order valence-electron chi connectivity index (χ4n) is 3.17. The van der Waals surface area contributed by atoms with Crippen LogP contribution in [0.25, 0.3) is 0 Å². The molecule has 1 heterocycles. The van der Waals surface area contributed by atoms with Gasteiger partial charge in [-0.15, -0.1) is 0 Å². The topological polar surface area (TPSA) is 15.3 Å². The van der Waals surface area contributed by atoms with Crippen LogP contribution in [-0.2, 0) is 0 Å². The van der Waals surface area contributed by atoms with Crippen LogP contribution in [-0.4, -0.2) is 31.6 Å². The van der Waals surface area contributed by atoms with E-state index in [0.717, 1.165) is 29.7 Å². The maximum absolute atomic E-state index is 13.6. The molecule has 1 aromatic rings. The van der Waals surface area contributed by atoms with Crippen molar-refractivity contribution in [1.82, 2.24) is 10.2 Å². The third-order valence-corrected chi connectivity index (χ3v) is 4.73. The molecule has 0 aliphatic carbocycles. The first-order chi connectivity index (χ1) is 9.17. The van der Waals surface area contributed by atoms with E-state index >= 15 is 0 Å². The van der Waals surface area contributed by atoms with E-state index in [4.69, 9.17) is 0 Å². The Balaban J connectivity index is 2.36. The van der Waals surface area contributed by atoms with Crippen molar-refractivity contribution < 1.29 is 4.39 Å². The Kier molecular flexibility index (Phi) is 5.37. The van der Waals surface area contributed by atoms with Gasteiger partial charge in [-0.05, 0) is 69.2 Å². The summed E-state index contributed by atoms with van der Waals surface area (Å²) < 4.78 is 14.6. The molecule has 0 spiro atoms. The summed E-state index contributed by atoms with van der Waals surface area (Å²) >= 11 is 3.59. The fraction of sp³-hybridized carbons (Fsp3) is 0.600. The van der Waals surface area contributed by atoms with E-state index in [1.165, 1.54) is 18.9 Å². The first-order valence-electron chi connectivity index (χ1n) is 7.01. The molecular weight excluding hydrogens is 307 g/mol. The molecule has 0 saturated carbocycles. The third kappa shape index (κ3) is 3.36. The highest BCUT2D eigenvalue weighted by Crippen LogP contribution is 2.38. The summed E-state index contributed by atoms with van der Waals surface area (Å²) in [6, 6.07) is 5.32. The maximum atomic E-state index is 13.6. The quantitative estimate of drug-likeness (QED) is 0.908. The molecule has 0 bridgehead atoms. The molecule has 1 fully saturated rings. The highest BCUT2D eigenvalue weighted by molar-refractivity contribution is 9.10. The van der Waals surface area contributed by atoms with Crippen molar-refractivity contribution in [3.05, 3.63) is 34.1 Å². The standard InChI is InChI=1S/C15H22BrFN2/c1-3-19-8-4-5-11(10-18-2)15(19)13-9-12(17)6-7-14(13)16/h6-7,9,11,15,18H,3-5,8,10H2,1-2H3. The van der Waals surface area contributed by atoms with Gasteiger partial charge in [-0.25, -0.2) is 4.39 Å². The van der Waals surface area contributed by atoms with E-state index in [2.05, 4.69) is 33.1 Å². The molecule has 1 aliphatic heterocycles. The average molecular weight is 329 g/mol. The SMILES string of the molecule is CCN1CCCC(CNC)C1c1cc(F)ccc1Br. The Labute approximate surface area is 123 Å². The predicted molar refractivity (Wildman–Crippen MR) is 80.7 cm³/mol. The lowest BCUT2D eigenvalue weighted by molar-refractivity contribution is 0.0975. The van der Waals surface area contributed by atoms with Crippen LogP contribution in [0.5, 0.6) is 0 Å². The number of likely N-dealkylation sites (tertiary alicyclic amines) is 1. The van der Waals surface area contributed by atoms with Gasteiger partial charge in [0.25, 0.3) is 0 Å². The summed E-state index contributed by atoms with van der Waals surface area (Å²) in [6.07, 6.45) is 2.43. The molecule has 0 amide bonds. The van der Waals surface area contributed by atoms with E-state index < -0.39 is 0 Å². The lowest BCUT2D eigenvalue weighted by Gasteiger charge is -2.41. The molecule has 2 unspecified atom stereocenters. The first kappa shape index (κ1) is 14.9. The van der Waals surface area contributed by atoms with E-state index in [0.29, 0.717) is 12.0 Å². The zero-order valence-electron chi connectivity index (χ0n) is 11.6. The van der Waals surface area contributed by atoms with Crippen LogP contribution in [0.15, 0.2) is 22.7 Å². The minimum atomic E-state index is -0.150. The molecule has 0 aromatic heterocycles. The van der Waals surface area contributed by atoms with Gasteiger partial charge in [0.2, 0.25) is 0 Å². The summed E-state index contributed by atoms with van der Waals surface area (Å²) in [6.45, 7) is 5.27. The molecule has 1 N–H and O–H groups in total. The number of nitrogens with one attached hydrogen (secondary N) is 1. The van der Waals surface area contributed by atoms with Crippen LogP contribution >= 0.6 is 15.9 Å². The average Bonchev–Trinajstić information content (AvgIpc) is 2.42. The van der Waals surface area contributed by atoms with Gasteiger partial charge in [-0.1, -0.05) is 22.9 Å². The minimum Gasteiger partial charge on any atom is -0.319 e. The van der Waals surface area contributed by atoms with Crippen LogP contribution < -0.4 is 5.32 Å². The van der Waals surface area contributed by atoms with E-state index in [-0.39, 0.29) is 5.82 Å². The number of halogens is 2. The number of hydrogen-bond acceptors (Lipinski definition) is 2. The molecule has 2 nitrogen and oxygen atoms in total. The van der Waals surface area contributed by atoms with Crippen molar-refractivity contribution in [3.8, 4) is 0 Å². The van der Waals surface area contributed by atoms with Gasteiger partial charge in [-0.2, -0.15) is 0 Å². The molecule has 1 saturated heterocycles. The second-order valence-corrected chi connectivity index (χ2v) is 6.05. The van der Waals surface area contributed by atoms with E-state index in [1.807, 2.05) is 13.1 Å². The van der Waals surface area contributed by atoms with Gasteiger partial charge in [0, 0.05) is 10.5 Å². The Bertz CT molecular complexity index is 423. The molecule has 106 valence electrons. The monoisotopic (exact) mass is 328 g/mol. The van der Waals surface area contributed by atoms with Crippen molar-refractivity contribution in [2.45, 2.75) is 25.8 Å². The summed E-state index contributed by atoms with van der Waals surface area (Å²) in [5.74, 6) is 0.389. The number of nitrogens with zero attached hydrogens (tertiary/aromatic N) is 1. The zero-order chi connectivity index (χ0) is 13.8. The Morgan fingerprint density at radius 3 is 2.95 bits per heavy atom. The number of hydrogen-bond donors (Lipinski definition) is 1. The molecule has 1 aromatic carbocycles. The van der Waals surface area contributed by atoms with Gasteiger partial charge in [0.05, 0.1) is 0 Å². The molecule has 2 rings (SSSR count). The maximum Gasteiger partial charge on any atom is 0.123 e. The summed E-state index contributed by atoms with van der Waals surface area (Å²) in [4.78, 5) is 2.46. The third-order valence-electron chi connectivity index (χ3n) is 4.01. The van der Waals surface area contributed by atoms with Gasteiger partial charge in [0.1, 0.15) is 5.82 Å². The van der Waals surface area contributed by atoms with Crippen molar-refractivity contribution in [1.29, 1.82) is 0 Å². The highest BCUT2D eigenvalue weighted by Gasteiger charge is 2.32. The highest BCUT2D eigenvalue weighted by atomic mass is 79.9. The summed E-state index contributed by atoms with van der Waals surface area (Å²) in [5.41, 5.74) is 1.09. The summed E-state index contributed by atoms with van der Waals surface area (Å²) in [5, 5.41) is 3.28. The Morgan fingerprint density at radius 1 is 1.47 bits per heavy atom. The zero-order valence-corrected chi connectivity index (χ0v) is 13.2. The minimum absolute atomic E-state index is 0.150. The Morgan fingerprint density at radius 2 is 2.26 bits per heavy atom. The van der Waals surface area contributed by atoms with Crippen molar-refractivity contribution in [2.24, 2.45) is 5.92 Å². The number of benzene rings is 1. The lowest BCUT2D eigenvalue weighted by atomic mass is 9.84. The van der Waals surface area contributed by atoms with Crippen molar-refractivity contribution >= 4 is 15.9 Å². The van der Waals surface area contributed by atoms with Crippen LogP contribution in [0.1, 0.15) is 31.4 Å². The fourth-order valence-corrected chi connectivity index (χ4v) is 3.66. The molecule has 2 atom stereocenters. The van der Waals surface area contributed by atoms with Gasteiger partial charge in [-0.3, -0.25) is 4.90 Å². The van der Waals surface area contributed by atoms with Gasteiger partial charge in [0.15, 0.2) is 0 Å². The predicted octanol–water partition coefficient (Wildman–Crippen LogP) is 3.58. The van der Waals surface area contributed by atoms with Crippen molar-refractivity contribution in [2.75, 3.05) is 26.7 Å². The number of piperidine rings is 1. The smallest absolute Gasteiger partial charge is 0.123 e. The largest absolute Gasteiger partial charge is 0.319 e. The molecule has 4 heteroatoms. The first-order valence-corrected chi connectivity index (χ1v) is 7.80. The Hall–Kier alpha value is -0.450. The molecule has 19 heavy (non-hydrogen) atoms. The molecular formula is C15H22BrFN2. The van der Waals surface area contributed by atoms with Crippen LogP contribution in [0.4, 0.5) is 4.39 Å². The van der Waals surface area contributed by atoms with E-state index in [9.17, 15) is 4.39 Å². The second-order valence-electron chi connectivity index (χ2n) is 5.20. The summed E-state index contributed by atoms with van der Waals surface area (Å²) in [7, 11) is 1.99. The molecule has 0 radical (unpaired) electrons. The van der Waals surface area contributed by atoms with E-state index in [1.54, 1.807) is 6.07 Å². The molecule has 1 aliphatic rings. The van der Waals surface area contributed by atoms with Crippen LogP contribution in [0.3, 0.4) is 0 Å². The normalized spacial score (nSPS) is 24.6.